The molecule has 1 aliphatic heterocycles. The number of hydrogen-bond donors (Lipinski definition) is 1. The summed E-state index contributed by atoms with van der Waals surface area (Å²) >= 11 is 6.06. The van der Waals surface area contributed by atoms with Crippen molar-refractivity contribution in [1.29, 1.82) is 0 Å². The summed E-state index contributed by atoms with van der Waals surface area (Å²) in [6.07, 6.45) is 0. The van der Waals surface area contributed by atoms with E-state index in [1.807, 2.05) is 11.9 Å². The average Bonchev–Trinajstić information content (AvgIpc) is 2.66. The van der Waals surface area contributed by atoms with Crippen LogP contribution in [0.15, 0.2) is 41.3 Å². The van der Waals surface area contributed by atoms with Crippen LogP contribution in [0.2, 0.25) is 5.02 Å². The Morgan fingerprint density at radius 3 is 2.50 bits per heavy atom. The zero-order valence-corrected chi connectivity index (χ0v) is 17.1. The fourth-order valence-electron chi connectivity index (χ4n) is 2.95. The Labute approximate surface area is 168 Å². The zero-order valence-electron chi connectivity index (χ0n) is 15.6. The van der Waals surface area contributed by atoms with Gasteiger partial charge in [-0.15, -0.1) is 0 Å². The van der Waals surface area contributed by atoms with Crippen LogP contribution in [0.1, 0.15) is 15.9 Å². The number of sulfonamides is 1. The van der Waals surface area contributed by atoms with Gasteiger partial charge < -0.3 is 10.2 Å². The van der Waals surface area contributed by atoms with Crippen LogP contribution in [0, 0.1) is 12.7 Å². The highest BCUT2D eigenvalue weighted by molar-refractivity contribution is 7.89. The average molecular weight is 426 g/mol. The maximum Gasteiger partial charge on any atom is 0.255 e. The lowest BCUT2D eigenvalue weighted by atomic mass is 10.1. The molecule has 1 fully saturated rings. The van der Waals surface area contributed by atoms with Crippen LogP contribution in [0.5, 0.6) is 0 Å². The maximum atomic E-state index is 14.3. The van der Waals surface area contributed by atoms with E-state index in [-0.39, 0.29) is 18.7 Å². The quantitative estimate of drug-likeness (QED) is 0.817. The van der Waals surface area contributed by atoms with Gasteiger partial charge in [0.1, 0.15) is 10.7 Å². The van der Waals surface area contributed by atoms with E-state index in [2.05, 4.69) is 5.32 Å². The minimum atomic E-state index is -4.03. The van der Waals surface area contributed by atoms with E-state index in [0.29, 0.717) is 29.4 Å². The van der Waals surface area contributed by atoms with Crippen molar-refractivity contribution in [3.8, 4) is 0 Å². The number of nitrogens with one attached hydrogen (secondary N) is 1. The van der Waals surface area contributed by atoms with Crippen LogP contribution in [0.3, 0.4) is 0 Å². The number of carbonyl (C=O) groups excluding carboxylic acids is 1. The number of rotatable bonds is 4. The first kappa shape index (κ1) is 20.7. The van der Waals surface area contributed by atoms with Crippen molar-refractivity contribution in [3.05, 3.63) is 58.4 Å². The summed E-state index contributed by atoms with van der Waals surface area (Å²) in [7, 11) is -2.13. The first-order valence-electron chi connectivity index (χ1n) is 8.75. The molecule has 0 spiro atoms. The molecule has 1 amide bonds. The molecule has 0 saturated carbocycles. The van der Waals surface area contributed by atoms with Gasteiger partial charge in [0.15, 0.2) is 0 Å². The second kappa shape index (κ2) is 8.16. The molecular formula is C19H21ClFN3O3S. The van der Waals surface area contributed by atoms with Crippen LogP contribution in [-0.4, -0.2) is 56.8 Å². The summed E-state index contributed by atoms with van der Waals surface area (Å²) in [5.74, 6) is -1.42. The fraction of sp³-hybridized carbons (Fsp3) is 0.316. The number of anilines is 1. The first-order chi connectivity index (χ1) is 13.2. The summed E-state index contributed by atoms with van der Waals surface area (Å²) < 4.78 is 41.3. The van der Waals surface area contributed by atoms with Gasteiger partial charge in [0.25, 0.3) is 5.91 Å². The summed E-state index contributed by atoms with van der Waals surface area (Å²) in [6.45, 7) is 3.43. The number of nitrogens with zero attached hydrogens (tertiary/aromatic N) is 2. The SMILES string of the molecule is Cc1c(Cl)cccc1NC(=O)c1ccc(F)c(S(=O)(=O)N2CCN(C)CC2)c1. The number of hydrogen-bond acceptors (Lipinski definition) is 4. The van der Waals surface area contributed by atoms with Crippen LogP contribution >= 0.6 is 11.6 Å². The standard InChI is InChI=1S/C19H21ClFN3O3S/c1-13-15(20)4-3-5-17(13)22-19(25)14-6-7-16(21)18(12-14)28(26,27)24-10-8-23(2)9-11-24/h3-7,12H,8-11H2,1-2H3,(H,22,25). The lowest BCUT2D eigenvalue weighted by Gasteiger charge is -2.31. The van der Waals surface area contributed by atoms with Gasteiger partial charge >= 0.3 is 0 Å². The highest BCUT2D eigenvalue weighted by Gasteiger charge is 2.30. The van der Waals surface area contributed by atoms with Gasteiger partial charge in [-0.05, 0) is 49.9 Å². The Morgan fingerprint density at radius 1 is 1.14 bits per heavy atom. The first-order valence-corrected chi connectivity index (χ1v) is 10.6. The van der Waals surface area contributed by atoms with E-state index in [1.165, 1.54) is 10.4 Å². The molecule has 0 aliphatic carbocycles. The molecule has 2 aromatic rings. The minimum Gasteiger partial charge on any atom is -0.322 e. The van der Waals surface area contributed by atoms with Gasteiger partial charge in [-0.3, -0.25) is 4.79 Å². The molecule has 0 atom stereocenters. The van der Waals surface area contributed by atoms with Crippen LogP contribution in [-0.2, 0) is 10.0 Å². The van der Waals surface area contributed by atoms with Gasteiger partial charge in [-0.2, -0.15) is 4.31 Å². The summed E-state index contributed by atoms with van der Waals surface area (Å²) in [5, 5.41) is 3.19. The van der Waals surface area contributed by atoms with Crippen LogP contribution in [0.4, 0.5) is 10.1 Å². The van der Waals surface area contributed by atoms with Gasteiger partial charge in [0.2, 0.25) is 10.0 Å². The number of likely N-dealkylation sites (N-methyl/N-ethyl adjacent to an activating group) is 1. The Morgan fingerprint density at radius 2 is 1.82 bits per heavy atom. The minimum absolute atomic E-state index is 0.0495. The third kappa shape index (κ3) is 4.20. The molecule has 1 aliphatic rings. The van der Waals surface area contributed by atoms with Gasteiger partial charge in [-0.25, -0.2) is 12.8 Å². The molecular weight excluding hydrogens is 405 g/mol. The molecule has 28 heavy (non-hydrogen) atoms. The lowest BCUT2D eigenvalue weighted by Crippen LogP contribution is -2.47. The Balaban J connectivity index is 1.88. The van der Waals surface area contributed by atoms with Crippen molar-refractivity contribution < 1.29 is 17.6 Å². The molecule has 1 saturated heterocycles. The van der Waals surface area contributed by atoms with E-state index in [0.717, 1.165) is 12.1 Å². The van der Waals surface area contributed by atoms with Crippen molar-refractivity contribution in [2.45, 2.75) is 11.8 Å². The molecule has 9 heteroatoms. The zero-order chi connectivity index (χ0) is 20.5. The predicted molar refractivity (Wildman–Crippen MR) is 107 cm³/mol. The molecule has 0 bridgehead atoms. The van der Waals surface area contributed by atoms with Gasteiger partial charge in [0, 0.05) is 42.5 Å². The van der Waals surface area contributed by atoms with E-state index < -0.39 is 26.6 Å². The van der Waals surface area contributed by atoms with E-state index in [9.17, 15) is 17.6 Å². The summed E-state index contributed by atoms with van der Waals surface area (Å²) in [5.41, 5.74) is 1.24. The number of benzene rings is 2. The second-order valence-corrected chi connectivity index (χ2v) is 9.03. The number of halogens is 2. The molecule has 1 N–H and O–H groups in total. The Bertz CT molecular complexity index is 1010. The van der Waals surface area contributed by atoms with Crippen molar-refractivity contribution in [1.82, 2.24) is 9.21 Å². The molecule has 0 aromatic heterocycles. The van der Waals surface area contributed by atoms with Gasteiger partial charge in [0.05, 0.1) is 0 Å². The normalized spacial score (nSPS) is 16.1. The third-order valence-corrected chi connectivity index (χ3v) is 7.11. The summed E-state index contributed by atoms with van der Waals surface area (Å²) in [6, 6.07) is 8.42. The molecule has 0 unspecified atom stereocenters. The molecule has 3 rings (SSSR count). The number of carbonyl (C=O) groups is 1. The molecule has 150 valence electrons. The highest BCUT2D eigenvalue weighted by Crippen LogP contribution is 2.25. The molecule has 2 aromatic carbocycles. The monoisotopic (exact) mass is 425 g/mol. The van der Waals surface area contributed by atoms with Crippen molar-refractivity contribution in [2.75, 3.05) is 38.5 Å². The molecule has 6 nitrogen and oxygen atoms in total. The lowest BCUT2D eigenvalue weighted by molar-refractivity contribution is 0.102. The predicted octanol–water partition coefficient (Wildman–Crippen LogP) is 2.98. The van der Waals surface area contributed by atoms with Crippen LogP contribution in [0.25, 0.3) is 0 Å². The van der Waals surface area contributed by atoms with E-state index in [4.69, 9.17) is 11.6 Å². The maximum absolute atomic E-state index is 14.3. The third-order valence-electron chi connectivity index (χ3n) is 4.79. The Hall–Kier alpha value is -2.00. The fourth-order valence-corrected chi connectivity index (χ4v) is 4.63. The van der Waals surface area contributed by atoms with Crippen molar-refractivity contribution >= 4 is 33.2 Å². The second-order valence-electron chi connectivity index (χ2n) is 6.72. The molecule has 0 radical (unpaired) electrons. The van der Waals surface area contributed by atoms with Gasteiger partial charge in [-0.1, -0.05) is 17.7 Å². The topological polar surface area (TPSA) is 69.7 Å². The van der Waals surface area contributed by atoms with Crippen molar-refractivity contribution in [3.63, 3.8) is 0 Å². The van der Waals surface area contributed by atoms with E-state index in [1.54, 1.807) is 25.1 Å². The number of piperazine rings is 1. The smallest absolute Gasteiger partial charge is 0.255 e. The highest BCUT2D eigenvalue weighted by atomic mass is 35.5. The van der Waals surface area contributed by atoms with Crippen LogP contribution < -0.4 is 5.32 Å². The molecule has 1 heterocycles. The largest absolute Gasteiger partial charge is 0.322 e. The van der Waals surface area contributed by atoms with E-state index >= 15 is 0 Å². The summed E-state index contributed by atoms with van der Waals surface area (Å²) in [4.78, 5) is 14.1. The van der Waals surface area contributed by atoms with Crippen molar-refractivity contribution in [2.24, 2.45) is 0 Å². The Kier molecular flexibility index (Phi) is 6.04. The number of amides is 1.